The van der Waals surface area contributed by atoms with Gasteiger partial charge in [0.25, 0.3) is 0 Å². The van der Waals surface area contributed by atoms with Crippen molar-refractivity contribution in [1.29, 1.82) is 0 Å². The fourth-order valence-corrected chi connectivity index (χ4v) is 2.57. The topological polar surface area (TPSA) is 20.2 Å². The smallest absolute Gasteiger partial charge is 0.145 e. The molecule has 0 saturated heterocycles. The molecule has 1 nitrogen and oxygen atoms in total. The van der Waals surface area contributed by atoms with E-state index < -0.39 is 11.2 Å². The van der Waals surface area contributed by atoms with Gasteiger partial charge >= 0.3 is 0 Å². The number of hydrogen-bond acceptors (Lipinski definition) is 1. The van der Waals surface area contributed by atoms with E-state index >= 15 is 0 Å². The molecule has 2 rings (SSSR count). The summed E-state index contributed by atoms with van der Waals surface area (Å²) in [6.45, 7) is 4.03. The Morgan fingerprint density at radius 2 is 2.07 bits per heavy atom. The number of aliphatic hydroxyl groups excluding tert-OH is 1. The highest BCUT2D eigenvalue weighted by Crippen LogP contribution is 2.64. The zero-order chi connectivity index (χ0) is 11.3. The van der Waals surface area contributed by atoms with Crippen LogP contribution in [0.4, 0.5) is 4.39 Å². The first kappa shape index (κ1) is 10.9. The van der Waals surface area contributed by atoms with E-state index in [1.165, 1.54) is 6.07 Å². The van der Waals surface area contributed by atoms with Crippen molar-refractivity contribution in [2.45, 2.75) is 25.7 Å². The van der Waals surface area contributed by atoms with Gasteiger partial charge in [-0.1, -0.05) is 37.6 Å². The van der Waals surface area contributed by atoms with Crippen LogP contribution in [0, 0.1) is 11.2 Å². The SMILES string of the molecule is CC1(C)CC1(CO)c1cccc(Cl)c1F. The molecular weight excluding hydrogens is 215 g/mol. The van der Waals surface area contributed by atoms with Gasteiger partial charge in [-0.25, -0.2) is 4.39 Å². The van der Waals surface area contributed by atoms with Gasteiger partial charge in [0, 0.05) is 5.41 Å². The number of hydrogen-bond donors (Lipinski definition) is 1. The summed E-state index contributed by atoms with van der Waals surface area (Å²) in [5.41, 5.74) is 0.0532. The summed E-state index contributed by atoms with van der Waals surface area (Å²) in [6, 6.07) is 4.97. The minimum Gasteiger partial charge on any atom is -0.395 e. The van der Waals surface area contributed by atoms with E-state index in [9.17, 15) is 9.50 Å². The van der Waals surface area contributed by atoms with Crippen molar-refractivity contribution in [2.75, 3.05) is 6.61 Å². The first-order valence-corrected chi connectivity index (χ1v) is 5.38. The largest absolute Gasteiger partial charge is 0.395 e. The number of benzene rings is 1. The second kappa shape index (κ2) is 3.19. The van der Waals surface area contributed by atoms with Gasteiger partial charge in [-0.2, -0.15) is 0 Å². The third-order valence-electron chi connectivity index (χ3n) is 3.65. The van der Waals surface area contributed by atoms with Crippen LogP contribution in [-0.2, 0) is 5.41 Å². The Bertz CT molecular complexity index is 403. The number of aliphatic hydroxyl groups is 1. The molecule has 0 bridgehead atoms. The van der Waals surface area contributed by atoms with Gasteiger partial charge in [0.15, 0.2) is 0 Å². The fourth-order valence-electron chi connectivity index (χ4n) is 2.40. The molecule has 1 aromatic rings. The summed E-state index contributed by atoms with van der Waals surface area (Å²) < 4.78 is 13.8. The van der Waals surface area contributed by atoms with E-state index in [0.29, 0.717) is 5.56 Å². The lowest BCUT2D eigenvalue weighted by Gasteiger charge is -2.19. The predicted molar refractivity (Wildman–Crippen MR) is 58.6 cm³/mol. The van der Waals surface area contributed by atoms with Gasteiger partial charge in [0.05, 0.1) is 11.6 Å². The van der Waals surface area contributed by atoms with Crippen LogP contribution in [-0.4, -0.2) is 11.7 Å². The zero-order valence-electron chi connectivity index (χ0n) is 8.85. The van der Waals surface area contributed by atoms with Crippen LogP contribution in [0.2, 0.25) is 5.02 Å². The molecule has 1 fully saturated rings. The van der Waals surface area contributed by atoms with E-state index in [1.807, 2.05) is 13.8 Å². The van der Waals surface area contributed by atoms with Crippen LogP contribution in [0.15, 0.2) is 18.2 Å². The highest BCUT2D eigenvalue weighted by atomic mass is 35.5. The summed E-state index contributed by atoms with van der Waals surface area (Å²) in [6.07, 6.45) is 0.799. The van der Waals surface area contributed by atoms with Crippen LogP contribution < -0.4 is 0 Å². The summed E-state index contributed by atoms with van der Waals surface area (Å²) in [5.74, 6) is -0.390. The highest BCUT2D eigenvalue weighted by molar-refractivity contribution is 6.30. The Kier molecular flexibility index (Phi) is 2.32. The van der Waals surface area contributed by atoms with Gasteiger partial charge < -0.3 is 5.11 Å². The zero-order valence-corrected chi connectivity index (χ0v) is 9.61. The molecular formula is C12H14ClFO. The van der Waals surface area contributed by atoms with Gasteiger partial charge in [0.1, 0.15) is 5.82 Å². The maximum absolute atomic E-state index is 13.8. The van der Waals surface area contributed by atoms with Crippen LogP contribution in [0.1, 0.15) is 25.8 Å². The summed E-state index contributed by atoms with van der Waals surface area (Å²) in [5, 5.41) is 9.58. The molecule has 1 unspecified atom stereocenters. The lowest BCUT2D eigenvalue weighted by molar-refractivity contribution is 0.228. The fraction of sp³-hybridized carbons (Fsp3) is 0.500. The van der Waals surface area contributed by atoms with Crippen molar-refractivity contribution in [3.63, 3.8) is 0 Å². The molecule has 15 heavy (non-hydrogen) atoms. The normalized spacial score (nSPS) is 27.8. The molecule has 0 aromatic heterocycles. The molecule has 0 spiro atoms. The minimum atomic E-state index is -0.442. The molecule has 0 amide bonds. The molecule has 1 N–H and O–H groups in total. The van der Waals surface area contributed by atoms with E-state index in [2.05, 4.69) is 0 Å². The molecule has 82 valence electrons. The maximum Gasteiger partial charge on any atom is 0.145 e. The highest BCUT2D eigenvalue weighted by Gasteiger charge is 2.62. The van der Waals surface area contributed by atoms with Gasteiger partial charge in [0.2, 0.25) is 0 Å². The Hall–Kier alpha value is -0.600. The molecule has 1 aromatic carbocycles. The second-order valence-corrected chi connectivity index (χ2v) is 5.31. The van der Waals surface area contributed by atoms with Crippen LogP contribution in [0.5, 0.6) is 0 Å². The van der Waals surface area contributed by atoms with Crippen LogP contribution in [0.3, 0.4) is 0 Å². The molecule has 0 heterocycles. The lowest BCUT2D eigenvalue weighted by Crippen LogP contribution is -2.20. The van der Waals surface area contributed by atoms with E-state index in [1.54, 1.807) is 12.1 Å². The van der Waals surface area contributed by atoms with Gasteiger partial charge in [-0.15, -0.1) is 0 Å². The van der Waals surface area contributed by atoms with Gasteiger partial charge in [-0.05, 0) is 23.5 Å². The Balaban J connectivity index is 2.51. The Morgan fingerprint density at radius 3 is 2.53 bits per heavy atom. The third-order valence-corrected chi connectivity index (χ3v) is 3.94. The van der Waals surface area contributed by atoms with Crippen molar-refractivity contribution < 1.29 is 9.50 Å². The van der Waals surface area contributed by atoms with E-state index in [4.69, 9.17) is 11.6 Å². The molecule has 1 aliphatic rings. The summed E-state index contributed by atoms with van der Waals surface area (Å²) in [7, 11) is 0. The number of halogens is 2. The molecule has 0 aliphatic heterocycles. The van der Waals surface area contributed by atoms with Crippen molar-refractivity contribution in [3.8, 4) is 0 Å². The Morgan fingerprint density at radius 1 is 1.47 bits per heavy atom. The quantitative estimate of drug-likeness (QED) is 0.825. The first-order valence-electron chi connectivity index (χ1n) is 5.00. The predicted octanol–water partition coefficient (Wildman–Crippen LogP) is 3.14. The molecule has 0 radical (unpaired) electrons. The monoisotopic (exact) mass is 228 g/mol. The molecule has 1 atom stereocenters. The van der Waals surface area contributed by atoms with Crippen molar-refractivity contribution in [1.82, 2.24) is 0 Å². The van der Waals surface area contributed by atoms with Crippen LogP contribution in [0.25, 0.3) is 0 Å². The van der Waals surface area contributed by atoms with Crippen molar-refractivity contribution >= 4 is 11.6 Å². The standard InChI is InChI=1S/C12H14ClFO/c1-11(2)6-12(11,7-15)8-4-3-5-9(13)10(8)14/h3-5,15H,6-7H2,1-2H3. The van der Waals surface area contributed by atoms with E-state index in [0.717, 1.165) is 6.42 Å². The van der Waals surface area contributed by atoms with Gasteiger partial charge in [-0.3, -0.25) is 0 Å². The second-order valence-electron chi connectivity index (χ2n) is 4.90. The van der Waals surface area contributed by atoms with Crippen molar-refractivity contribution in [3.05, 3.63) is 34.6 Å². The van der Waals surface area contributed by atoms with Crippen LogP contribution >= 0.6 is 11.6 Å². The average Bonchev–Trinajstić information content (AvgIpc) is 2.74. The Labute approximate surface area is 93.9 Å². The van der Waals surface area contributed by atoms with E-state index in [-0.39, 0.29) is 17.0 Å². The average molecular weight is 229 g/mol. The summed E-state index contributed by atoms with van der Waals surface area (Å²) in [4.78, 5) is 0. The molecule has 1 saturated carbocycles. The first-order chi connectivity index (χ1) is 6.94. The molecule has 3 heteroatoms. The minimum absolute atomic E-state index is 0.0305. The third kappa shape index (κ3) is 1.39. The maximum atomic E-state index is 13.8. The summed E-state index contributed by atoms with van der Waals surface area (Å²) >= 11 is 5.74. The van der Waals surface area contributed by atoms with Crippen molar-refractivity contribution in [2.24, 2.45) is 5.41 Å². The lowest BCUT2D eigenvalue weighted by atomic mass is 9.88. The number of rotatable bonds is 2. The molecule has 1 aliphatic carbocycles.